The summed E-state index contributed by atoms with van der Waals surface area (Å²) < 4.78 is 6.30. The van der Waals surface area contributed by atoms with Gasteiger partial charge in [0.1, 0.15) is 5.69 Å². The molecule has 1 N–H and O–H groups in total. The first-order valence-electron chi connectivity index (χ1n) is 11.4. The Hall–Kier alpha value is -3.16. The zero-order valence-corrected chi connectivity index (χ0v) is 19.5. The Balaban J connectivity index is 1.21. The van der Waals surface area contributed by atoms with Gasteiger partial charge in [-0.1, -0.05) is 24.3 Å². The second-order valence-corrected chi connectivity index (χ2v) is 9.20. The van der Waals surface area contributed by atoms with Crippen LogP contribution in [0.4, 0.5) is 5.69 Å². The number of benzene rings is 2. The fraction of sp³-hybridized carbons (Fsp3) is 0.308. The van der Waals surface area contributed by atoms with Crippen molar-refractivity contribution in [2.24, 2.45) is 0 Å². The molecule has 7 heteroatoms. The summed E-state index contributed by atoms with van der Waals surface area (Å²) in [4.78, 5) is 32.9. The van der Waals surface area contributed by atoms with E-state index in [0.29, 0.717) is 18.7 Å². The van der Waals surface area contributed by atoms with E-state index in [2.05, 4.69) is 26.9 Å². The minimum atomic E-state index is -0.326. The van der Waals surface area contributed by atoms with Gasteiger partial charge in [0.2, 0.25) is 0 Å². The number of ketones is 1. The molecular weight excluding hydrogens is 434 g/mol. The van der Waals surface area contributed by atoms with Crippen LogP contribution in [0.5, 0.6) is 0 Å². The SMILES string of the molecule is CCOC(=O)c1cc2c(N3CCN(CCC(=O)c4csc5ccccc45)CC3)cccc2[nH]1. The van der Waals surface area contributed by atoms with Gasteiger partial charge >= 0.3 is 5.97 Å². The predicted octanol–water partition coefficient (Wildman–Crippen LogP) is 4.95. The molecule has 0 aliphatic carbocycles. The Morgan fingerprint density at radius 3 is 2.67 bits per heavy atom. The number of thiophene rings is 1. The van der Waals surface area contributed by atoms with Crippen LogP contribution in [0.1, 0.15) is 34.2 Å². The molecule has 170 valence electrons. The molecule has 0 amide bonds. The summed E-state index contributed by atoms with van der Waals surface area (Å²) in [5, 5.41) is 4.10. The van der Waals surface area contributed by atoms with Gasteiger partial charge in [0.15, 0.2) is 5.78 Å². The third-order valence-corrected chi connectivity index (χ3v) is 7.25. The molecule has 1 saturated heterocycles. The quantitative estimate of drug-likeness (QED) is 0.311. The topological polar surface area (TPSA) is 65.6 Å². The van der Waals surface area contributed by atoms with Crippen molar-refractivity contribution in [3.63, 3.8) is 0 Å². The number of fused-ring (bicyclic) bond motifs is 2. The van der Waals surface area contributed by atoms with Crippen LogP contribution in [-0.4, -0.2) is 61.0 Å². The Kier molecular flexibility index (Phi) is 6.15. The number of aromatic amines is 1. The van der Waals surface area contributed by atoms with Crippen LogP contribution in [0.15, 0.2) is 53.9 Å². The number of nitrogens with zero attached hydrogens (tertiary/aromatic N) is 2. The number of hydrogen-bond acceptors (Lipinski definition) is 6. The van der Waals surface area contributed by atoms with E-state index in [1.54, 1.807) is 11.3 Å². The normalized spacial score (nSPS) is 14.8. The summed E-state index contributed by atoms with van der Waals surface area (Å²) in [6, 6.07) is 16.1. The molecular formula is C26H27N3O3S. The lowest BCUT2D eigenvalue weighted by molar-refractivity contribution is 0.0520. The maximum absolute atomic E-state index is 12.8. The Morgan fingerprint density at radius 2 is 1.85 bits per heavy atom. The molecule has 1 fully saturated rings. The molecule has 1 aliphatic heterocycles. The zero-order chi connectivity index (χ0) is 22.8. The number of Topliss-reactive ketones (excluding diaryl/α,β-unsaturated/α-hetero) is 1. The first-order valence-corrected chi connectivity index (χ1v) is 12.3. The van der Waals surface area contributed by atoms with Gasteiger partial charge in [0, 0.05) is 76.8 Å². The van der Waals surface area contributed by atoms with Crippen LogP contribution in [0.3, 0.4) is 0 Å². The van der Waals surface area contributed by atoms with E-state index < -0.39 is 0 Å². The molecule has 0 saturated carbocycles. The number of nitrogens with one attached hydrogen (secondary N) is 1. The summed E-state index contributed by atoms with van der Waals surface area (Å²) in [7, 11) is 0. The summed E-state index contributed by atoms with van der Waals surface area (Å²) in [6.45, 7) is 6.52. The molecule has 0 radical (unpaired) electrons. The Labute approximate surface area is 196 Å². The number of anilines is 1. The van der Waals surface area contributed by atoms with Gasteiger partial charge in [-0.05, 0) is 31.2 Å². The van der Waals surface area contributed by atoms with Crippen LogP contribution >= 0.6 is 11.3 Å². The fourth-order valence-corrected chi connectivity index (χ4v) is 5.50. The minimum absolute atomic E-state index is 0.221. The van der Waals surface area contributed by atoms with Crippen molar-refractivity contribution < 1.29 is 14.3 Å². The number of carbonyl (C=O) groups is 2. The number of carbonyl (C=O) groups excluding carboxylic acids is 2. The number of aromatic nitrogens is 1. The van der Waals surface area contributed by atoms with Crippen molar-refractivity contribution in [1.82, 2.24) is 9.88 Å². The molecule has 3 heterocycles. The smallest absolute Gasteiger partial charge is 0.354 e. The van der Waals surface area contributed by atoms with Crippen molar-refractivity contribution in [2.75, 3.05) is 44.2 Å². The largest absolute Gasteiger partial charge is 0.461 e. The zero-order valence-electron chi connectivity index (χ0n) is 18.7. The highest BCUT2D eigenvalue weighted by Gasteiger charge is 2.21. The molecule has 2 aromatic heterocycles. The van der Waals surface area contributed by atoms with Crippen LogP contribution < -0.4 is 4.90 Å². The van der Waals surface area contributed by atoms with Crippen molar-refractivity contribution >= 4 is 49.8 Å². The maximum atomic E-state index is 12.8. The molecule has 0 atom stereocenters. The average Bonchev–Trinajstić information content (AvgIpc) is 3.48. The number of rotatable bonds is 7. The summed E-state index contributed by atoms with van der Waals surface area (Å²) in [5.74, 6) is -0.106. The lowest BCUT2D eigenvalue weighted by Gasteiger charge is -2.36. The Bertz CT molecular complexity index is 1300. The number of ether oxygens (including phenoxy) is 1. The highest BCUT2D eigenvalue weighted by Crippen LogP contribution is 2.29. The molecule has 0 spiro atoms. The molecule has 4 aromatic rings. The van der Waals surface area contributed by atoms with Crippen molar-refractivity contribution in [2.45, 2.75) is 13.3 Å². The molecule has 0 bridgehead atoms. The molecule has 1 aliphatic rings. The van der Waals surface area contributed by atoms with E-state index >= 15 is 0 Å². The molecule has 6 nitrogen and oxygen atoms in total. The molecule has 33 heavy (non-hydrogen) atoms. The number of esters is 1. The summed E-state index contributed by atoms with van der Waals surface area (Å²) in [6.07, 6.45) is 0.539. The van der Waals surface area contributed by atoms with Crippen LogP contribution in [0, 0.1) is 0 Å². The van der Waals surface area contributed by atoms with E-state index in [1.165, 1.54) is 4.70 Å². The first-order chi connectivity index (χ1) is 16.1. The van der Waals surface area contributed by atoms with Crippen LogP contribution in [0.25, 0.3) is 21.0 Å². The fourth-order valence-electron chi connectivity index (χ4n) is 4.53. The monoisotopic (exact) mass is 461 g/mol. The number of piperazine rings is 1. The van der Waals surface area contributed by atoms with E-state index in [4.69, 9.17) is 4.74 Å². The van der Waals surface area contributed by atoms with Gasteiger partial charge in [0.05, 0.1) is 6.61 Å². The van der Waals surface area contributed by atoms with Crippen molar-refractivity contribution in [3.8, 4) is 0 Å². The maximum Gasteiger partial charge on any atom is 0.354 e. The van der Waals surface area contributed by atoms with Gasteiger partial charge in [-0.25, -0.2) is 4.79 Å². The van der Waals surface area contributed by atoms with Gasteiger partial charge in [-0.2, -0.15) is 0 Å². The average molecular weight is 462 g/mol. The first kappa shape index (κ1) is 21.7. The summed E-state index contributed by atoms with van der Waals surface area (Å²) >= 11 is 1.64. The van der Waals surface area contributed by atoms with Crippen LogP contribution in [0.2, 0.25) is 0 Å². The van der Waals surface area contributed by atoms with E-state index in [1.807, 2.05) is 48.7 Å². The molecule has 0 unspecified atom stereocenters. The number of H-pyrrole nitrogens is 1. The molecule has 5 rings (SSSR count). The third-order valence-electron chi connectivity index (χ3n) is 6.29. The van der Waals surface area contributed by atoms with Gasteiger partial charge < -0.3 is 14.6 Å². The van der Waals surface area contributed by atoms with Crippen molar-refractivity contribution in [3.05, 3.63) is 65.2 Å². The predicted molar refractivity (Wildman–Crippen MR) is 134 cm³/mol. The minimum Gasteiger partial charge on any atom is -0.461 e. The Morgan fingerprint density at radius 1 is 1.03 bits per heavy atom. The van der Waals surface area contributed by atoms with Gasteiger partial charge in [-0.15, -0.1) is 11.3 Å². The van der Waals surface area contributed by atoms with E-state index in [-0.39, 0.29) is 11.8 Å². The summed E-state index contributed by atoms with van der Waals surface area (Å²) in [5.41, 5.74) is 3.40. The van der Waals surface area contributed by atoms with Gasteiger partial charge in [-0.3, -0.25) is 9.69 Å². The van der Waals surface area contributed by atoms with E-state index in [9.17, 15) is 9.59 Å². The second kappa shape index (κ2) is 9.37. The second-order valence-electron chi connectivity index (χ2n) is 8.29. The standard InChI is InChI=1S/C26H27N3O3S/c1-2-32-26(31)22-16-19-21(27-22)7-5-8-23(19)29-14-12-28(13-15-29)11-10-24(30)20-17-33-25-9-4-3-6-18(20)25/h3-9,16-17,27H,2,10-15H2,1H3. The lowest BCUT2D eigenvalue weighted by Crippen LogP contribution is -2.47. The highest BCUT2D eigenvalue weighted by atomic mass is 32.1. The third kappa shape index (κ3) is 4.38. The lowest BCUT2D eigenvalue weighted by atomic mass is 10.1. The van der Waals surface area contributed by atoms with Gasteiger partial charge in [0.25, 0.3) is 0 Å². The van der Waals surface area contributed by atoms with E-state index in [0.717, 1.165) is 60.3 Å². The molecule has 2 aromatic carbocycles. The van der Waals surface area contributed by atoms with Crippen LogP contribution in [-0.2, 0) is 4.74 Å². The van der Waals surface area contributed by atoms with Crippen molar-refractivity contribution in [1.29, 1.82) is 0 Å². The highest BCUT2D eigenvalue weighted by molar-refractivity contribution is 7.17. The number of hydrogen-bond donors (Lipinski definition) is 1.